The van der Waals surface area contributed by atoms with E-state index in [0.717, 1.165) is 16.5 Å². The lowest BCUT2D eigenvalue weighted by Crippen LogP contribution is -2.42. The average Bonchev–Trinajstić information content (AvgIpc) is 3.16. The lowest BCUT2D eigenvalue weighted by atomic mass is 9.88. The van der Waals surface area contributed by atoms with Crippen LogP contribution in [0.25, 0.3) is 10.9 Å². The van der Waals surface area contributed by atoms with E-state index in [1.165, 1.54) is 0 Å². The van der Waals surface area contributed by atoms with Crippen LogP contribution in [0.2, 0.25) is 0 Å². The van der Waals surface area contributed by atoms with Crippen LogP contribution in [0, 0.1) is 5.92 Å². The van der Waals surface area contributed by atoms with Crippen LogP contribution in [0.15, 0.2) is 60.8 Å². The van der Waals surface area contributed by atoms with Crippen molar-refractivity contribution in [3.63, 3.8) is 0 Å². The molecule has 1 aliphatic heterocycles. The molecule has 0 spiro atoms. The van der Waals surface area contributed by atoms with Crippen LogP contribution >= 0.6 is 0 Å². The summed E-state index contributed by atoms with van der Waals surface area (Å²) in [5, 5.41) is 0.970. The first-order chi connectivity index (χ1) is 13.2. The molecule has 1 aromatic heterocycles. The number of carbonyl (C=O) groups is 2. The molecular formula is C22H22N2O3. The molecule has 0 radical (unpaired) electrons. The number of ketones is 1. The third kappa shape index (κ3) is 3.72. The standard InChI is InChI=1S/C22H22N2O3/c25-21(15-27-17-6-2-1-3-7-17)24-12-10-16(11-13-24)22(26)19-14-23-20-9-5-4-8-18(19)20/h1-9,14,16,23H,10-13,15H2. The van der Waals surface area contributed by atoms with Crippen LogP contribution in [0.3, 0.4) is 0 Å². The fourth-order valence-corrected chi connectivity index (χ4v) is 3.64. The lowest BCUT2D eigenvalue weighted by molar-refractivity contribution is -0.134. The van der Waals surface area contributed by atoms with Crippen LogP contribution in [-0.4, -0.2) is 41.3 Å². The molecule has 4 rings (SSSR count). The number of Topliss-reactive ketones (excluding diaryl/α,β-unsaturated/α-hetero) is 1. The number of likely N-dealkylation sites (tertiary alicyclic amines) is 1. The number of hydrogen-bond acceptors (Lipinski definition) is 3. The number of nitrogens with zero attached hydrogens (tertiary/aromatic N) is 1. The van der Waals surface area contributed by atoms with Crippen molar-refractivity contribution < 1.29 is 14.3 Å². The fourth-order valence-electron chi connectivity index (χ4n) is 3.64. The van der Waals surface area contributed by atoms with E-state index in [2.05, 4.69) is 4.98 Å². The number of hydrogen-bond donors (Lipinski definition) is 1. The predicted octanol–water partition coefficient (Wildman–Crippen LogP) is 3.67. The topological polar surface area (TPSA) is 62.4 Å². The van der Waals surface area contributed by atoms with Crippen LogP contribution in [0.5, 0.6) is 5.75 Å². The fraction of sp³-hybridized carbons (Fsp3) is 0.273. The molecule has 0 saturated carbocycles. The Kier molecular flexibility index (Phi) is 4.92. The van der Waals surface area contributed by atoms with E-state index < -0.39 is 0 Å². The molecule has 5 nitrogen and oxygen atoms in total. The van der Waals surface area contributed by atoms with Gasteiger partial charge in [-0.3, -0.25) is 9.59 Å². The molecule has 5 heteroatoms. The number of nitrogens with one attached hydrogen (secondary N) is 1. The Bertz CT molecular complexity index is 940. The molecule has 0 atom stereocenters. The van der Waals surface area contributed by atoms with Gasteiger partial charge in [0.1, 0.15) is 5.75 Å². The quantitative estimate of drug-likeness (QED) is 0.705. The Morgan fingerprint density at radius 2 is 1.70 bits per heavy atom. The Morgan fingerprint density at radius 1 is 1.00 bits per heavy atom. The maximum Gasteiger partial charge on any atom is 0.260 e. The Morgan fingerprint density at radius 3 is 2.48 bits per heavy atom. The number of benzene rings is 2. The first-order valence-corrected chi connectivity index (χ1v) is 9.28. The van der Waals surface area contributed by atoms with Gasteiger partial charge in [0.15, 0.2) is 12.4 Å². The molecule has 138 valence electrons. The maximum absolute atomic E-state index is 12.9. The van der Waals surface area contributed by atoms with E-state index >= 15 is 0 Å². The zero-order chi connectivity index (χ0) is 18.6. The van der Waals surface area contributed by atoms with Crippen molar-refractivity contribution in [2.75, 3.05) is 19.7 Å². The zero-order valence-electron chi connectivity index (χ0n) is 15.1. The van der Waals surface area contributed by atoms with Gasteiger partial charge in [-0.25, -0.2) is 0 Å². The van der Waals surface area contributed by atoms with Gasteiger partial charge < -0.3 is 14.6 Å². The summed E-state index contributed by atoms with van der Waals surface area (Å²) in [6.07, 6.45) is 3.18. The monoisotopic (exact) mass is 362 g/mol. The van der Waals surface area contributed by atoms with Gasteiger partial charge in [-0.1, -0.05) is 36.4 Å². The number of fused-ring (bicyclic) bond motifs is 1. The van der Waals surface area contributed by atoms with E-state index in [9.17, 15) is 9.59 Å². The van der Waals surface area contributed by atoms with E-state index in [1.807, 2.05) is 54.6 Å². The van der Waals surface area contributed by atoms with Gasteiger partial charge in [-0.05, 0) is 31.0 Å². The molecule has 0 unspecified atom stereocenters. The molecule has 1 amide bonds. The highest BCUT2D eigenvalue weighted by atomic mass is 16.5. The molecule has 1 fully saturated rings. The molecule has 1 aliphatic rings. The SMILES string of the molecule is O=C(c1c[nH]c2ccccc12)C1CCN(C(=O)COc2ccccc2)CC1. The van der Waals surface area contributed by atoms with Crippen molar-refractivity contribution in [3.8, 4) is 5.75 Å². The van der Waals surface area contributed by atoms with Gasteiger partial charge in [0.05, 0.1) is 0 Å². The molecular weight excluding hydrogens is 340 g/mol. The number of ether oxygens (including phenoxy) is 1. The van der Waals surface area contributed by atoms with Crippen molar-refractivity contribution in [1.29, 1.82) is 0 Å². The van der Waals surface area contributed by atoms with Gasteiger partial charge >= 0.3 is 0 Å². The minimum atomic E-state index is -0.0386. The van der Waals surface area contributed by atoms with Crippen molar-refractivity contribution in [2.24, 2.45) is 5.92 Å². The number of rotatable bonds is 5. The summed E-state index contributed by atoms with van der Waals surface area (Å²) in [4.78, 5) is 30.2. The first-order valence-electron chi connectivity index (χ1n) is 9.28. The van der Waals surface area contributed by atoms with Gasteiger partial charge in [-0.15, -0.1) is 0 Å². The van der Waals surface area contributed by atoms with Gasteiger partial charge in [-0.2, -0.15) is 0 Å². The number of piperidine rings is 1. The third-order valence-corrected chi connectivity index (χ3v) is 5.18. The summed E-state index contributed by atoms with van der Waals surface area (Å²) in [5.74, 6) is 0.787. The highest BCUT2D eigenvalue weighted by Gasteiger charge is 2.29. The van der Waals surface area contributed by atoms with Gasteiger partial charge in [0.2, 0.25) is 0 Å². The van der Waals surface area contributed by atoms with E-state index in [4.69, 9.17) is 4.74 Å². The second kappa shape index (κ2) is 7.66. The number of amides is 1. The summed E-state index contributed by atoms with van der Waals surface area (Å²) in [6.45, 7) is 1.22. The Balaban J connectivity index is 1.33. The number of H-pyrrole nitrogens is 1. The molecule has 1 N–H and O–H groups in total. The summed E-state index contributed by atoms with van der Waals surface area (Å²) in [6, 6.07) is 17.2. The van der Waals surface area contributed by atoms with Crippen molar-refractivity contribution in [2.45, 2.75) is 12.8 Å². The van der Waals surface area contributed by atoms with Crippen LogP contribution < -0.4 is 4.74 Å². The summed E-state index contributed by atoms with van der Waals surface area (Å²) >= 11 is 0. The molecule has 3 aromatic rings. The second-order valence-electron chi connectivity index (χ2n) is 6.87. The van der Waals surface area contributed by atoms with E-state index in [-0.39, 0.29) is 24.2 Å². The smallest absolute Gasteiger partial charge is 0.260 e. The molecule has 0 bridgehead atoms. The van der Waals surface area contributed by atoms with Crippen LogP contribution in [0.1, 0.15) is 23.2 Å². The first kappa shape index (κ1) is 17.3. The number of aromatic nitrogens is 1. The van der Waals surface area contributed by atoms with E-state index in [0.29, 0.717) is 31.7 Å². The normalized spacial score (nSPS) is 15.0. The minimum absolute atomic E-state index is 0.0307. The lowest BCUT2D eigenvalue weighted by Gasteiger charge is -2.31. The summed E-state index contributed by atoms with van der Waals surface area (Å²) in [5.41, 5.74) is 1.73. The molecule has 1 saturated heterocycles. The largest absolute Gasteiger partial charge is 0.484 e. The minimum Gasteiger partial charge on any atom is -0.484 e. The number of para-hydroxylation sites is 2. The third-order valence-electron chi connectivity index (χ3n) is 5.18. The van der Waals surface area contributed by atoms with Gasteiger partial charge in [0.25, 0.3) is 5.91 Å². The molecule has 0 aliphatic carbocycles. The number of aromatic amines is 1. The Labute approximate surface area is 157 Å². The zero-order valence-corrected chi connectivity index (χ0v) is 15.1. The second-order valence-corrected chi connectivity index (χ2v) is 6.87. The van der Waals surface area contributed by atoms with Crippen molar-refractivity contribution >= 4 is 22.6 Å². The average molecular weight is 362 g/mol. The highest BCUT2D eigenvalue weighted by Crippen LogP contribution is 2.26. The predicted molar refractivity (Wildman–Crippen MR) is 104 cm³/mol. The van der Waals surface area contributed by atoms with Crippen LogP contribution in [-0.2, 0) is 4.79 Å². The van der Waals surface area contributed by atoms with Gasteiger partial charge in [0, 0.05) is 41.7 Å². The summed E-state index contributed by atoms with van der Waals surface area (Å²) < 4.78 is 5.54. The molecule has 27 heavy (non-hydrogen) atoms. The molecule has 2 heterocycles. The summed E-state index contributed by atoms with van der Waals surface area (Å²) in [7, 11) is 0. The Hall–Kier alpha value is -3.08. The van der Waals surface area contributed by atoms with E-state index in [1.54, 1.807) is 11.1 Å². The highest BCUT2D eigenvalue weighted by molar-refractivity contribution is 6.08. The molecule has 2 aromatic carbocycles. The van der Waals surface area contributed by atoms with Crippen molar-refractivity contribution in [1.82, 2.24) is 9.88 Å². The van der Waals surface area contributed by atoms with Crippen molar-refractivity contribution in [3.05, 3.63) is 66.4 Å². The van der Waals surface area contributed by atoms with Crippen LogP contribution in [0.4, 0.5) is 0 Å². The maximum atomic E-state index is 12.9. The number of carbonyl (C=O) groups excluding carboxylic acids is 2.